The van der Waals surface area contributed by atoms with Crippen molar-refractivity contribution in [3.05, 3.63) is 65.6 Å². The molecule has 174 valence electrons. The van der Waals surface area contributed by atoms with E-state index in [4.69, 9.17) is 9.47 Å². The molecule has 0 saturated carbocycles. The molecule has 1 atom stereocenters. The molecule has 8 nitrogen and oxygen atoms in total. The SMILES string of the molecule is CCOC(=O)N1CCN(C(=O)CC(c2cccc(OC)c2)c2cnc3cc(C)ccn23)CC1. The molecule has 4 rings (SSSR count). The molecule has 2 aromatic heterocycles. The summed E-state index contributed by atoms with van der Waals surface area (Å²) >= 11 is 0. The summed E-state index contributed by atoms with van der Waals surface area (Å²) in [4.78, 5) is 33.4. The molecule has 3 aromatic rings. The van der Waals surface area contributed by atoms with E-state index in [-0.39, 0.29) is 17.9 Å². The molecule has 2 amide bonds. The first kappa shape index (κ1) is 22.6. The number of fused-ring (bicyclic) bond motifs is 1. The Morgan fingerprint density at radius 2 is 1.85 bits per heavy atom. The molecule has 0 aliphatic carbocycles. The van der Waals surface area contributed by atoms with Gasteiger partial charge in [0.1, 0.15) is 11.4 Å². The van der Waals surface area contributed by atoms with Gasteiger partial charge in [-0.2, -0.15) is 0 Å². The largest absolute Gasteiger partial charge is 0.497 e. The van der Waals surface area contributed by atoms with E-state index in [1.165, 1.54) is 0 Å². The molecule has 0 spiro atoms. The predicted octanol–water partition coefficient (Wildman–Crippen LogP) is 3.47. The van der Waals surface area contributed by atoms with Gasteiger partial charge in [-0.1, -0.05) is 12.1 Å². The van der Waals surface area contributed by atoms with Crippen molar-refractivity contribution in [3.8, 4) is 5.75 Å². The van der Waals surface area contributed by atoms with Crippen molar-refractivity contribution >= 4 is 17.6 Å². The number of imidazole rings is 1. The molecule has 1 aliphatic heterocycles. The number of hydrogen-bond acceptors (Lipinski definition) is 5. The lowest BCUT2D eigenvalue weighted by Crippen LogP contribution is -2.51. The fourth-order valence-corrected chi connectivity index (χ4v) is 4.27. The number of piperazine rings is 1. The van der Waals surface area contributed by atoms with Gasteiger partial charge in [0.15, 0.2) is 0 Å². The number of carbonyl (C=O) groups is 2. The number of rotatable bonds is 6. The zero-order chi connectivity index (χ0) is 23.4. The van der Waals surface area contributed by atoms with Crippen LogP contribution in [0.2, 0.25) is 0 Å². The van der Waals surface area contributed by atoms with E-state index in [1.54, 1.807) is 18.9 Å². The lowest BCUT2D eigenvalue weighted by Gasteiger charge is -2.34. The molecule has 0 radical (unpaired) electrons. The zero-order valence-corrected chi connectivity index (χ0v) is 19.4. The molecule has 3 heterocycles. The first-order valence-electron chi connectivity index (χ1n) is 11.3. The fraction of sp³-hybridized carbons (Fsp3) is 0.400. The summed E-state index contributed by atoms with van der Waals surface area (Å²) in [6, 6.07) is 11.9. The quantitative estimate of drug-likeness (QED) is 0.575. The van der Waals surface area contributed by atoms with Gasteiger partial charge < -0.3 is 23.7 Å². The Balaban J connectivity index is 1.58. The number of carbonyl (C=O) groups excluding carboxylic acids is 2. The highest BCUT2D eigenvalue weighted by molar-refractivity contribution is 5.78. The maximum Gasteiger partial charge on any atom is 0.409 e. The minimum atomic E-state index is -0.320. The van der Waals surface area contributed by atoms with Gasteiger partial charge in [0.25, 0.3) is 0 Å². The van der Waals surface area contributed by atoms with E-state index in [0.717, 1.165) is 28.2 Å². The summed E-state index contributed by atoms with van der Waals surface area (Å²) in [5.41, 5.74) is 3.94. The molecular weight excluding hydrogens is 420 g/mol. The van der Waals surface area contributed by atoms with Crippen LogP contribution in [0.25, 0.3) is 5.65 Å². The van der Waals surface area contributed by atoms with Crippen LogP contribution >= 0.6 is 0 Å². The maximum atomic E-state index is 13.4. The summed E-state index contributed by atoms with van der Waals surface area (Å²) < 4.78 is 12.6. The van der Waals surface area contributed by atoms with Crippen molar-refractivity contribution in [3.63, 3.8) is 0 Å². The molecule has 33 heavy (non-hydrogen) atoms. The predicted molar refractivity (Wildman–Crippen MR) is 125 cm³/mol. The molecule has 1 aliphatic rings. The number of ether oxygens (including phenoxy) is 2. The maximum absolute atomic E-state index is 13.4. The fourth-order valence-electron chi connectivity index (χ4n) is 4.27. The van der Waals surface area contributed by atoms with E-state index >= 15 is 0 Å². The standard InChI is InChI=1S/C25H30N4O4/c1-4-33-25(31)28-12-10-27(11-13-28)24(30)16-21(19-6-5-7-20(15-19)32-3)22-17-26-23-14-18(2)8-9-29(22)23/h5-9,14-15,17,21H,4,10-13,16H2,1-3H3. The topological polar surface area (TPSA) is 76.4 Å². The van der Waals surface area contributed by atoms with E-state index in [0.29, 0.717) is 39.2 Å². The summed E-state index contributed by atoms with van der Waals surface area (Å²) in [6.45, 7) is 6.11. The Morgan fingerprint density at radius 1 is 1.09 bits per heavy atom. The highest BCUT2D eigenvalue weighted by Crippen LogP contribution is 2.32. The molecule has 8 heteroatoms. The van der Waals surface area contributed by atoms with Crippen LogP contribution in [-0.2, 0) is 9.53 Å². The number of pyridine rings is 1. The molecule has 1 unspecified atom stereocenters. The van der Waals surface area contributed by atoms with Crippen molar-refractivity contribution < 1.29 is 19.1 Å². The second-order valence-electron chi connectivity index (χ2n) is 8.22. The van der Waals surface area contributed by atoms with Crippen LogP contribution in [0.4, 0.5) is 4.79 Å². The van der Waals surface area contributed by atoms with Crippen LogP contribution in [0, 0.1) is 6.92 Å². The van der Waals surface area contributed by atoms with Gasteiger partial charge in [0.2, 0.25) is 5.91 Å². The number of aromatic nitrogens is 2. The minimum Gasteiger partial charge on any atom is -0.497 e. The first-order chi connectivity index (χ1) is 16.0. The van der Waals surface area contributed by atoms with E-state index in [9.17, 15) is 9.59 Å². The minimum absolute atomic E-state index is 0.0494. The second kappa shape index (κ2) is 9.94. The van der Waals surface area contributed by atoms with Crippen LogP contribution in [0.5, 0.6) is 5.75 Å². The third kappa shape index (κ3) is 4.94. The number of hydrogen-bond donors (Lipinski definition) is 0. The van der Waals surface area contributed by atoms with Gasteiger partial charge in [-0.15, -0.1) is 0 Å². The third-order valence-electron chi connectivity index (χ3n) is 6.09. The van der Waals surface area contributed by atoms with Crippen molar-refractivity contribution in [1.82, 2.24) is 19.2 Å². The van der Waals surface area contributed by atoms with Gasteiger partial charge in [-0.25, -0.2) is 9.78 Å². The molecule has 1 fully saturated rings. The third-order valence-corrected chi connectivity index (χ3v) is 6.09. The Bertz CT molecular complexity index is 1130. The number of nitrogens with zero attached hydrogens (tertiary/aromatic N) is 4. The molecule has 1 aromatic carbocycles. The average molecular weight is 451 g/mol. The number of amides is 2. The number of aryl methyl sites for hydroxylation is 1. The highest BCUT2D eigenvalue weighted by Gasteiger charge is 2.28. The van der Waals surface area contributed by atoms with E-state index in [1.807, 2.05) is 65.0 Å². The number of methoxy groups -OCH3 is 1. The lowest BCUT2D eigenvalue weighted by molar-refractivity contribution is -0.133. The Kier molecular flexibility index (Phi) is 6.82. The molecule has 1 saturated heterocycles. The van der Waals surface area contributed by atoms with Gasteiger partial charge in [0.05, 0.1) is 19.4 Å². The Morgan fingerprint density at radius 3 is 2.58 bits per heavy atom. The van der Waals surface area contributed by atoms with E-state index in [2.05, 4.69) is 4.98 Å². The first-order valence-corrected chi connectivity index (χ1v) is 11.3. The Labute approximate surface area is 193 Å². The van der Waals surface area contributed by atoms with Gasteiger partial charge in [0, 0.05) is 50.9 Å². The van der Waals surface area contributed by atoms with Crippen LogP contribution in [0.3, 0.4) is 0 Å². The Hall–Kier alpha value is -3.55. The molecular formula is C25H30N4O4. The van der Waals surface area contributed by atoms with Gasteiger partial charge in [-0.3, -0.25) is 4.79 Å². The van der Waals surface area contributed by atoms with E-state index < -0.39 is 0 Å². The summed E-state index contributed by atoms with van der Waals surface area (Å²) in [5.74, 6) is 0.611. The molecule has 0 N–H and O–H groups in total. The summed E-state index contributed by atoms with van der Waals surface area (Å²) in [5, 5.41) is 0. The van der Waals surface area contributed by atoms with Crippen molar-refractivity contribution in [2.24, 2.45) is 0 Å². The van der Waals surface area contributed by atoms with Crippen LogP contribution in [0.1, 0.15) is 36.1 Å². The van der Waals surface area contributed by atoms with Gasteiger partial charge >= 0.3 is 6.09 Å². The van der Waals surface area contributed by atoms with Gasteiger partial charge in [-0.05, 0) is 49.2 Å². The molecule has 0 bridgehead atoms. The second-order valence-corrected chi connectivity index (χ2v) is 8.22. The smallest absolute Gasteiger partial charge is 0.409 e. The monoisotopic (exact) mass is 450 g/mol. The van der Waals surface area contributed by atoms with Crippen molar-refractivity contribution in [2.75, 3.05) is 39.9 Å². The number of benzene rings is 1. The van der Waals surface area contributed by atoms with Crippen LogP contribution in [-0.4, -0.2) is 71.1 Å². The average Bonchev–Trinajstić information content (AvgIpc) is 3.25. The van der Waals surface area contributed by atoms with Crippen LogP contribution in [0.15, 0.2) is 48.8 Å². The van der Waals surface area contributed by atoms with Crippen LogP contribution < -0.4 is 4.74 Å². The van der Waals surface area contributed by atoms with Crippen molar-refractivity contribution in [2.45, 2.75) is 26.2 Å². The normalized spacial score (nSPS) is 14.9. The summed E-state index contributed by atoms with van der Waals surface area (Å²) in [6.07, 6.45) is 3.84. The van der Waals surface area contributed by atoms with Crippen molar-refractivity contribution in [1.29, 1.82) is 0 Å². The highest BCUT2D eigenvalue weighted by atomic mass is 16.6. The summed E-state index contributed by atoms with van der Waals surface area (Å²) in [7, 11) is 1.64. The lowest BCUT2D eigenvalue weighted by atomic mass is 9.91. The zero-order valence-electron chi connectivity index (χ0n) is 19.4.